The van der Waals surface area contributed by atoms with Crippen LogP contribution in [0.2, 0.25) is 0 Å². The number of aliphatic hydroxyl groups excluding tert-OH is 1. The predicted molar refractivity (Wildman–Crippen MR) is 140 cm³/mol. The lowest BCUT2D eigenvalue weighted by Crippen LogP contribution is -2.38. The second-order valence-corrected chi connectivity index (χ2v) is 9.80. The first kappa shape index (κ1) is 26.2. The molecule has 0 unspecified atom stereocenters. The van der Waals surface area contributed by atoms with Gasteiger partial charge in [0.15, 0.2) is 6.29 Å². The number of hydrogen-bond donors (Lipinski definition) is 3. The average molecular weight is 508 g/mol. The van der Waals surface area contributed by atoms with Crippen molar-refractivity contribution in [1.29, 1.82) is 0 Å². The smallest absolute Gasteiger partial charge is 0.315 e. The highest BCUT2D eigenvalue weighted by Gasteiger charge is 2.38. The van der Waals surface area contributed by atoms with Crippen LogP contribution in [0.1, 0.15) is 48.5 Å². The average Bonchev–Trinajstić information content (AvgIpc) is 2.92. The van der Waals surface area contributed by atoms with Crippen molar-refractivity contribution in [2.45, 2.75) is 50.5 Å². The normalized spacial score (nSPS) is 21.6. The van der Waals surface area contributed by atoms with E-state index >= 15 is 0 Å². The van der Waals surface area contributed by atoms with Gasteiger partial charge in [0.05, 0.1) is 23.8 Å². The third-order valence-corrected chi connectivity index (χ3v) is 7.23. The van der Waals surface area contributed by atoms with Crippen LogP contribution in [0.25, 0.3) is 0 Å². The Kier molecular flexibility index (Phi) is 9.35. The number of nitrogens with zero attached hydrogens (tertiary/aromatic N) is 1. The quantitative estimate of drug-likeness (QED) is 0.354. The van der Waals surface area contributed by atoms with Crippen LogP contribution in [0, 0.1) is 5.92 Å². The summed E-state index contributed by atoms with van der Waals surface area (Å²) in [4.78, 5) is 16.1. The number of ether oxygens (including phenoxy) is 2. The summed E-state index contributed by atoms with van der Waals surface area (Å²) in [6.07, 6.45) is 1.05. The molecule has 7 nitrogen and oxygen atoms in total. The van der Waals surface area contributed by atoms with Gasteiger partial charge in [-0.15, -0.1) is 11.8 Å². The molecule has 4 rings (SSSR count). The summed E-state index contributed by atoms with van der Waals surface area (Å²) in [6, 6.07) is 21.6. The van der Waals surface area contributed by atoms with E-state index in [2.05, 4.69) is 22.5 Å². The molecule has 1 aromatic heterocycles. The molecule has 0 saturated carbocycles. The Morgan fingerprint density at radius 1 is 0.972 bits per heavy atom. The van der Waals surface area contributed by atoms with Gasteiger partial charge in [0.25, 0.3) is 0 Å². The molecular formula is C28H33N3O4S. The lowest BCUT2D eigenvalue weighted by Gasteiger charge is -2.41. The highest BCUT2D eigenvalue weighted by Crippen LogP contribution is 2.42. The molecule has 1 aliphatic rings. The molecule has 4 atom stereocenters. The molecule has 3 aromatic rings. The highest BCUT2D eigenvalue weighted by molar-refractivity contribution is 7.99. The first-order valence-electron chi connectivity index (χ1n) is 12.2. The van der Waals surface area contributed by atoms with Gasteiger partial charge in [-0.05, 0) is 35.7 Å². The number of amides is 2. The summed E-state index contributed by atoms with van der Waals surface area (Å²) < 4.78 is 13.0. The fraction of sp³-hybridized carbons (Fsp3) is 0.357. The third-order valence-electron chi connectivity index (χ3n) is 6.20. The molecule has 2 aromatic carbocycles. The van der Waals surface area contributed by atoms with Gasteiger partial charge in [-0.3, -0.25) is 0 Å². The van der Waals surface area contributed by atoms with Gasteiger partial charge in [-0.2, -0.15) is 0 Å². The molecule has 2 amide bonds. The standard InChI is InChI=1S/C28H33N3O4S/c1-3-29-28(33)31-16-20-7-13-23(14-8-20)27-34-24(18-36-25-6-4-5-15-30-25)19(2)26(35-27)22-11-9-21(17-32)10-12-22/h4-15,19,24,26-27,32H,3,16-18H2,1-2H3,(H2,29,31,33)/t19-,24+,26+,27+/m0/s1. The van der Waals surface area contributed by atoms with Gasteiger partial charge in [0.2, 0.25) is 0 Å². The minimum absolute atomic E-state index is 0.0117. The minimum Gasteiger partial charge on any atom is -0.392 e. The number of aromatic nitrogens is 1. The first-order valence-corrected chi connectivity index (χ1v) is 13.2. The van der Waals surface area contributed by atoms with Crippen molar-refractivity contribution in [3.05, 3.63) is 95.2 Å². The van der Waals surface area contributed by atoms with E-state index in [4.69, 9.17) is 9.47 Å². The fourth-order valence-electron chi connectivity index (χ4n) is 4.11. The molecule has 1 fully saturated rings. The molecule has 2 heterocycles. The van der Waals surface area contributed by atoms with Crippen LogP contribution < -0.4 is 10.6 Å². The first-order chi connectivity index (χ1) is 17.6. The maximum atomic E-state index is 11.7. The second-order valence-electron chi connectivity index (χ2n) is 8.76. The molecule has 1 saturated heterocycles. The van der Waals surface area contributed by atoms with Crippen LogP contribution in [-0.4, -0.2) is 34.5 Å². The number of thioether (sulfide) groups is 1. The lowest BCUT2D eigenvalue weighted by atomic mass is 9.91. The summed E-state index contributed by atoms with van der Waals surface area (Å²) in [5, 5.41) is 16.0. The number of urea groups is 1. The summed E-state index contributed by atoms with van der Waals surface area (Å²) in [7, 11) is 0. The Hall–Kier alpha value is -2.91. The Labute approximate surface area is 216 Å². The summed E-state index contributed by atoms with van der Waals surface area (Å²) >= 11 is 1.68. The van der Waals surface area contributed by atoms with Crippen molar-refractivity contribution in [2.75, 3.05) is 12.3 Å². The zero-order valence-electron chi connectivity index (χ0n) is 20.6. The zero-order chi connectivity index (χ0) is 25.3. The number of benzene rings is 2. The molecule has 0 spiro atoms. The van der Waals surface area contributed by atoms with Crippen LogP contribution in [0.5, 0.6) is 0 Å². The van der Waals surface area contributed by atoms with Crippen molar-refractivity contribution in [2.24, 2.45) is 5.92 Å². The summed E-state index contributed by atoms with van der Waals surface area (Å²) in [6.45, 7) is 5.08. The monoisotopic (exact) mass is 507 g/mol. The predicted octanol–water partition coefficient (Wildman–Crippen LogP) is 4.98. The molecule has 190 valence electrons. The largest absolute Gasteiger partial charge is 0.392 e. The second kappa shape index (κ2) is 12.9. The molecule has 36 heavy (non-hydrogen) atoms. The van der Waals surface area contributed by atoms with Crippen molar-refractivity contribution in [3.8, 4) is 0 Å². The number of aliphatic hydroxyl groups is 1. The maximum Gasteiger partial charge on any atom is 0.315 e. The fourth-order valence-corrected chi connectivity index (χ4v) is 5.14. The molecule has 8 heteroatoms. The van der Waals surface area contributed by atoms with Crippen molar-refractivity contribution in [3.63, 3.8) is 0 Å². The van der Waals surface area contributed by atoms with Gasteiger partial charge in [-0.25, -0.2) is 9.78 Å². The Morgan fingerprint density at radius 3 is 2.36 bits per heavy atom. The van der Waals surface area contributed by atoms with Gasteiger partial charge in [-0.1, -0.05) is 61.5 Å². The molecular weight excluding hydrogens is 474 g/mol. The Morgan fingerprint density at radius 2 is 1.69 bits per heavy atom. The molecule has 0 aliphatic carbocycles. The zero-order valence-corrected chi connectivity index (χ0v) is 21.4. The summed E-state index contributed by atoms with van der Waals surface area (Å²) in [5.74, 6) is 0.857. The van der Waals surface area contributed by atoms with E-state index in [0.29, 0.717) is 13.1 Å². The number of carbonyl (C=O) groups excluding carboxylic acids is 1. The van der Waals surface area contributed by atoms with Crippen LogP contribution in [0.3, 0.4) is 0 Å². The van der Waals surface area contributed by atoms with Crippen LogP contribution >= 0.6 is 11.8 Å². The number of nitrogens with one attached hydrogen (secondary N) is 2. The Bertz CT molecular complexity index is 1100. The van der Waals surface area contributed by atoms with E-state index in [-0.39, 0.29) is 30.8 Å². The van der Waals surface area contributed by atoms with E-state index in [0.717, 1.165) is 33.0 Å². The summed E-state index contributed by atoms with van der Waals surface area (Å²) in [5.41, 5.74) is 3.85. The van der Waals surface area contributed by atoms with E-state index in [9.17, 15) is 9.90 Å². The van der Waals surface area contributed by atoms with Crippen LogP contribution in [0.15, 0.2) is 78.0 Å². The third kappa shape index (κ3) is 6.85. The Balaban J connectivity index is 1.50. The van der Waals surface area contributed by atoms with Gasteiger partial charge in [0.1, 0.15) is 0 Å². The topological polar surface area (TPSA) is 92.7 Å². The lowest BCUT2D eigenvalue weighted by molar-refractivity contribution is -0.268. The number of rotatable bonds is 9. The van der Waals surface area contributed by atoms with Crippen molar-refractivity contribution >= 4 is 17.8 Å². The highest BCUT2D eigenvalue weighted by atomic mass is 32.2. The van der Waals surface area contributed by atoms with E-state index < -0.39 is 6.29 Å². The van der Waals surface area contributed by atoms with E-state index in [1.807, 2.05) is 73.7 Å². The van der Waals surface area contributed by atoms with Crippen LogP contribution in [0.4, 0.5) is 4.79 Å². The van der Waals surface area contributed by atoms with E-state index in [1.165, 1.54) is 0 Å². The van der Waals surface area contributed by atoms with Gasteiger partial charge >= 0.3 is 6.03 Å². The number of hydrogen-bond acceptors (Lipinski definition) is 6. The SMILES string of the molecule is CCNC(=O)NCc1ccc([C@@H]2O[C@H](CSc3ccccn3)[C@H](C)[C@H](c3ccc(CO)cc3)O2)cc1. The van der Waals surface area contributed by atoms with Crippen molar-refractivity contribution < 1.29 is 19.4 Å². The van der Waals surface area contributed by atoms with Crippen molar-refractivity contribution in [1.82, 2.24) is 15.6 Å². The van der Waals surface area contributed by atoms with Gasteiger partial charge in [0, 0.05) is 36.5 Å². The number of pyridine rings is 1. The minimum atomic E-state index is -0.525. The molecule has 3 N–H and O–H groups in total. The van der Waals surface area contributed by atoms with E-state index in [1.54, 1.807) is 18.0 Å². The number of carbonyl (C=O) groups is 1. The molecule has 1 aliphatic heterocycles. The molecule has 0 bridgehead atoms. The maximum absolute atomic E-state index is 11.7. The van der Waals surface area contributed by atoms with Gasteiger partial charge < -0.3 is 25.2 Å². The molecule has 0 radical (unpaired) electrons. The van der Waals surface area contributed by atoms with Crippen LogP contribution in [-0.2, 0) is 22.6 Å².